The first-order chi connectivity index (χ1) is 9.52. The Kier molecular flexibility index (Phi) is 3.28. The summed E-state index contributed by atoms with van der Waals surface area (Å²) in [6.45, 7) is 8.27. The van der Waals surface area contributed by atoms with E-state index in [1.807, 2.05) is 17.0 Å². The molecule has 1 aliphatic rings. The number of aromatic nitrogens is 1. The van der Waals surface area contributed by atoms with Crippen molar-refractivity contribution in [2.24, 2.45) is 11.8 Å². The third-order valence-electron chi connectivity index (χ3n) is 4.16. The summed E-state index contributed by atoms with van der Waals surface area (Å²) < 4.78 is 0. The van der Waals surface area contributed by atoms with Crippen LogP contribution < -0.4 is 0 Å². The van der Waals surface area contributed by atoms with Gasteiger partial charge in [-0.05, 0) is 43.4 Å². The van der Waals surface area contributed by atoms with Crippen LogP contribution in [0.15, 0.2) is 24.3 Å². The van der Waals surface area contributed by atoms with E-state index in [1.165, 1.54) is 12.0 Å². The third kappa shape index (κ3) is 2.45. The van der Waals surface area contributed by atoms with E-state index in [0.717, 1.165) is 24.0 Å². The summed E-state index contributed by atoms with van der Waals surface area (Å²) in [6, 6.07) is 8.21. The van der Waals surface area contributed by atoms with Gasteiger partial charge in [-0.25, -0.2) is 0 Å². The second kappa shape index (κ2) is 4.97. The van der Waals surface area contributed by atoms with Gasteiger partial charge in [0, 0.05) is 24.0 Å². The zero-order valence-corrected chi connectivity index (χ0v) is 12.4. The molecule has 0 radical (unpaired) electrons. The molecule has 2 unspecified atom stereocenters. The largest absolute Gasteiger partial charge is 0.351 e. The fourth-order valence-corrected chi connectivity index (χ4v) is 3.37. The maximum absolute atomic E-state index is 12.6. The first-order valence-electron chi connectivity index (χ1n) is 7.41. The molecule has 0 aliphatic carbocycles. The van der Waals surface area contributed by atoms with Crippen molar-refractivity contribution < 1.29 is 4.79 Å². The Morgan fingerprint density at radius 1 is 1.20 bits per heavy atom. The number of aromatic amines is 1. The average molecular weight is 270 g/mol. The molecule has 0 spiro atoms. The maximum atomic E-state index is 12.6. The summed E-state index contributed by atoms with van der Waals surface area (Å²) in [5.41, 5.74) is 2.97. The number of hydrogen-bond acceptors (Lipinski definition) is 1. The Labute approximate surface area is 120 Å². The fourth-order valence-electron chi connectivity index (χ4n) is 3.37. The van der Waals surface area contributed by atoms with Crippen LogP contribution in [0.25, 0.3) is 10.9 Å². The van der Waals surface area contributed by atoms with Gasteiger partial charge in [-0.1, -0.05) is 25.5 Å². The summed E-state index contributed by atoms with van der Waals surface area (Å²) in [7, 11) is 0. The van der Waals surface area contributed by atoms with Crippen molar-refractivity contribution >= 4 is 16.8 Å². The molecule has 20 heavy (non-hydrogen) atoms. The van der Waals surface area contributed by atoms with E-state index in [1.54, 1.807) is 0 Å². The van der Waals surface area contributed by atoms with Crippen molar-refractivity contribution in [2.45, 2.75) is 27.2 Å². The van der Waals surface area contributed by atoms with Crippen LogP contribution in [0.5, 0.6) is 0 Å². The van der Waals surface area contributed by atoms with Crippen LogP contribution in [-0.4, -0.2) is 28.9 Å². The lowest BCUT2D eigenvalue weighted by molar-refractivity contribution is 0.0618. The molecule has 2 aromatic rings. The Hall–Kier alpha value is -1.77. The molecule has 1 N–H and O–H groups in total. The Balaban J connectivity index is 1.88. The number of fused-ring (bicyclic) bond motifs is 1. The van der Waals surface area contributed by atoms with Crippen molar-refractivity contribution in [3.05, 3.63) is 35.5 Å². The van der Waals surface area contributed by atoms with E-state index in [9.17, 15) is 4.79 Å². The van der Waals surface area contributed by atoms with Crippen LogP contribution in [0.3, 0.4) is 0 Å². The first-order valence-corrected chi connectivity index (χ1v) is 7.41. The second-order valence-corrected chi connectivity index (χ2v) is 6.43. The minimum absolute atomic E-state index is 0.136. The molecule has 2 atom stereocenters. The molecule has 2 heterocycles. The average Bonchev–Trinajstić information content (AvgIpc) is 2.79. The summed E-state index contributed by atoms with van der Waals surface area (Å²) in [5, 5.41) is 1.12. The van der Waals surface area contributed by atoms with Gasteiger partial charge in [0.25, 0.3) is 5.91 Å². The smallest absolute Gasteiger partial charge is 0.270 e. The number of nitrogens with one attached hydrogen (secondary N) is 1. The lowest BCUT2D eigenvalue weighted by atomic mass is 9.92. The van der Waals surface area contributed by atoms with Gasteiger partial charge in [0.1, 0.15) is 5.69 Å². The lowest BCUT2D eigenvalue weighted by Crippen LogP contribution is -2.42. The van der Waals surface area contributed by atoms with Crippen LogP contribution in [-0.2, 0) is 0 Å². The predicted molar refractivity (Wildman–Crippen MR) is 81.9 cm³/mol. The van der Waals surface area contributed by atoms with E-state index in [0.29, 0.717) is 17.5 Å². The first kappa shape index (κ1) is 13.2. The van der Waals surface area contributed by atoms with Crippen molar-refractivity contribution in [3.8, 4) is 0 Å². The zero-order chi connectivity index (χ0) is 14.3. The van der Waals surface area contributed by atoms with E-state index >= 15 is 0 Å². The minimum atomic E-state index is 0.136. The second-order valence-electron chi connectivity index (χ2n) is 6.43. The highest BCUT2D eigenvalue weighted by Gasteiger charge is 2.26. The van der Waals surface area contributed by atoms with E-state index in [4.69, 9.17) is 0 Å². The molecule has 1 fully saturated rings. The van der Waals surface area contributed by atoms with E-state index < -0.39 is 0 Å². The van der Waals surface area contributed by atoms with Gasteiger partial charge >= 0.3 is 0 Å². The molecule has 1 amide bonds. The molecule has 0 saturated carbocycles. The summed E-state index contributed by atoms with van der Waals surface area (Å²) >= 11 is 0. The van der Waals surface area contributed by atoms with Crippen LogP contribution in [0.2, 0.25) is 0 Å². The Morgan fingerprint density at radius 2 is 1.90 bits per heavy atom. The van der Waals surface area contributed by atoms with Gasteiger partial charge in [-0.2, -0.15) is 0 Å². The highest BCUT2D eigenvalue weighted by molar-refractivity contribution is 5.98. The number of likely N-dealkylation sites (tertiary alicyclic amines) is 1. The van der Waals surface area contributed by atoms with Gasteiger partial charge in [-0.15, -0.1) is 0 Å². The third-order valence-corrected chi connectivity index (χ3v) is 4.16. The van der Waals surface area contributed by atoms with Gasteiger partial charge < -0.3 is 9.88 Å². The molecule has 3 rings (SSSR count). The van der Waals surface area contributed by atoms with Gasteiger partial charge in [-0.3, -0.25) is 4.79 Å². The number of piperidine rings is 1. The van der Waals surface area contributed by atoms with Crippen LogP contribution in [0.1, 0.15) is 36.3 Å². The molecule has 1 aromatic heterocycles. The standard InChI is InChI=1S/C17H22N2O/c1-11-4-5-15-14(7-11)8-16(18-15)17(20)19-9-12(2)6-13(3)10-19/h4-5,7-8,12-13,18H,6,9-10H2,1-3H3. The highest BCUT2D eigenvalue weighted by Crippen LogP contribution is 2.24. The van der Waals surface area contributed by atoms with Crippen LogP contribution in [0.4, 0.5) is 0 Å². The Morgan fingerprint density at radius 3 is 2.60 bits per heavy atom. The van der Waals surface area contributed by atoms with Crippen molar-refractivity contribution in [3.63, 3.8) is 0 Å². The number of hydrogen-bond donors (Lipinski definition) is 1. The van der Waals surface area contributed by atoms with Crippen molar-refractivity contribution in [1.29, 1.82) is 0 Å². The molecule has 1 aliphatic heterocycles. The van der Waals surface area contributed by atoms with Crippen LogP contribution >= 0.6 is 0 Å². The molecule has 106 valence electrons. The van der Waals surface area contributed by atoms with Gasteiger partial charge in [0.05, 0.1) is 0 Å². The quantitative estimate of drug-likeness (QED) is 0.844. The van der Waals surface area contributed by atoms with E-state index in [-0.39, 0.29) is 5.91 Å². The molecule has 1 aromatic carbocycles. The SMILES string of the molecule is Cc1ccc2[nH]c(C(=O)N3CC(C)CC(C)C3)cc2c1. The van der Waals surface area contributed by atoms with Gasteiger partial charge in [0.2, 0.25) is 0 Å². The molecular weight excluding hydrogens is 248 g/mol. The summed E-state index contributed by atoms with van der Waals surface area (Å²) in [6.07, 6.45) is 1.22. The number of aryl methyl sites for hydroxylation is 1. The normalized spacial score (nSPS) is 23.2. The Bertz CT molecular complexity index is 633. The number of benzene rings is 1. The number of carbonyl (C=O) groups excluding carboxylic acids is 1. The molecule has 3 nitrogen and oxygen atoms in total. The summed E-state index contributed by atoms with van der Waals surface area (Å²) in [4.78, 5) is 17.9. The molecule has 3 heteroatoms. The monoisotopic (exact) mass is 270 g/mol. The van der Waals surface area contributed by atoms with Gasteiger partial charge in [0.15, 0.2) is 0 Å². The number of nitrogens with zero attached hydrogens (tertiary/aromatic N) is 1. The predicted octanol–water partition coefficient (Wildman–Crippen LogP) is 3.59. The van der Waals surface area contributed by atoms with Crippen LogP contribution in [0, 0.1) is 18.8 Å². The molecule has 1 saturated heterocycles. The fraction of sp³-hybridized carbons (Fsp3) is 0.471. The van der Waals surface area contributed by atoms with Crippen molar-refractivity contribution in [2.75, 3.05) is 13.1 Å². The molecular formula is C17H22N2O. The number of carbonyl (C=O) groups is 1. The molecule has 0 bridgehead atoms. The summed E-state index contributed by atoms with van der Waals surface area (Å²) in [5.74, 6) is 1.32. The number of rotatable bonds is 1. The lowest BCUT2D eigenvalue weighted by Gasteiger charge is -2.34. The number of amides is 1. The van der Waals surface area contributed by atoms with Crippen molar-refractivity contribution in [1.82, 2.24) is 9.88 Å². The number of H-pyrrole nitrogens is 1. The van der Waals surface area contributed by atoms with E-state index in [2.05, 4.69) is 37.9 Å². The highest BCUT2D eigenvalue weighted by atomic mass is 16.2. The maximum Gasteiger partial charge on any atom is 0.270 e. The minimum Gasteiger partial charge on any atom is -0.351 e. The topological polar surface area (TPSA) is 36.1 Å². The zero-order valence-electron chi connectivity index (χ0n) is 12.4.